The largest absolute Gasteiger partial charge is 0.334 e. The number of carbonyl (C=O) groups excluding carboxylic acids is 2. The van der Waals surface area contributed by atoms with Crippen LogP contribution in [0.25, 0.3) is 0 Å². The standard InChI is InChI=1S/C21H30N2O2/c24-20-14-8-3-9-15-22(20)17-21(25)23(19-12-6-2-7-13-19)16-18-10-4-1-5-11-18/h1,4-5,10-11,19H,2-3,6-9,12-17H2. The van der Waals surface area contributed by atoms with Gasteiger partial charge < -0.3 is 9.80 Å². The van der Waals surface area contributed by atoms with E-state index in [0.29, 0.717) is 19.0 Å². The van der Waals surface area contributed by atoms with E-state index in [9.17, 15) is 9.59 Å². The Morgan fingerprint density at radius 1 is 1.00 bits per heavy atom. The first-order valence-electron chi connectivity index (χ1n) is 9.85. The molecule has 1 aromatic rings. The van der Waals surface area contributed by atoms with E-state index < -0.39 is 0 Å². The summed E-state index contributed by atoms with van der Waals surface area (Å²) in [6.45, 7) is 1.64. The molecule has 2 amide bonds. The van der Waals surface area contributed by atoms with Crippen LogP contribution in [0.2, 0.25) is 0 Å². The number of rotatable bonds is 5. The average molecular weight is 342 g/mol. The quantitative estimate of drug-likeness (QED) is 0.818. The third-order valence-corrected chi connectivity index (χ3v) is 5.53. The highest BCUT2D eigenvalue weighted by Gasteiger charge is 2.28. The molecule has 25 heavy (non-hydrogen) atoms. The molecule has 4 heteroatoms. The molecule has 0 aromatic heterocycles. The molecule has 1 saturated heterocycles. The Hall–Kier alpha value is -1.84. The van der Waals surface area contributed by atoms with Gasteiger partial charge in [-0.05, 0) is 31.2 Å². The van der Waals surface area contributed by atoms with Gasteiger partial charge in [-0.25, -0.2) is 0 Å². The van der Waals surface area contributed by atoms with Gasteiger partial charge in [0.25, 0.3) is 0 Å². The van der Waals surface area contributed by atoms with Gasteiger partial charge in [-0.3, -0.25) is 9.59 Å². The van der Waals surface area contributed by atoms with Crippen LogP contribution in [0.5, 0.6) is 0 Å². The summed E-state index contributed by atoms with van der Waals surface area (Å²) in [5, 5.41) is 0. The zero-order chi connectivity index (χ0) is 17.5. The Morgan fingerprint density at radius 3 is 2.48 bits per heavy atom. The van der Waals surface area contributed by atoms with E-state index in [2.05, 4.69) is 12.1 Å². The van der Waals surface area contributed by atoms with Crippen LogP contribution in [-0.4, -0.2) is 40.7 Å². The van der Waals surface area contributed by atoms with E-state index >= 15 is 0 Å². The zero-order valence-corrected chi connectivity index (χ0v) is 15.2. The minimum Gasteiger partial charge on any atom is -0.334 e. The van der Waals surface area contributed by atoms with E-state index in [4.69, 9.17) is 0 Å². The molecule has 0 atom stereocenters. The highest BCUT2D eigenvalue weighted by atomic mass is 16.2. The monoisotopic (exact) mass is 342 g/mol. The van der Waals surface area contributed by atoms with Crippen LogP contribution in [0.1, 0.15) is 63.4 Å². The van der Waals surface area contributed by atoms with Crippen molar-refractivity contribution in [3.05, 3.63) is 35.9 Å². The first-order valence-corrected chi connectivity index (χ1v) is 9.85. The van der Waals surface area contributed by atoms with Gasteiger partial charge in [0.1, 0.15) is 0 Å². The minimum atomic E-state index is 0.117. The number of likely N-dealkylation sites (tertiary alicyclic amines) is 1. The smallest absolute Gasteiger partial charge is 0.242 e. The molecule has 0 bridgehead atoms. The van der Waals surface area contributed by atoms with Gasteiger partial charge in [0.15, 0.2) is 0 Å². The van der Waals surface area contributed by atoms with Crippen LogP contribution < -0.4 is 0 Å². The van der Waals surface area contributed by atoms with Crippen molar-refractivity contribution in [3.8, 4) is 0 Å². The Kier molecular flexibility index (Phi) is 6.48. The fourth-order valence-electron chi connectivity index (χ4n) is 4.05. The van der Waals surface area contributed by atoms with Crippen LogP contribution in [0.3, 0.4) is 0 Å². The summed E-state index contributed by atoms with van der Waals surface area (Å²) in [7, 11) is 0. The second-order valence-electron chi connectivity index (χ2n) is 7.43. The third-order valence-electron chi connectivity index (χ3n) is 5.53. The molecule has 136 valence electrons. The van der Waals surface area contributed by atoms with E-state index in [1.807, 2.05) is 23.1 Å². The Bertz CT molecular complexity index is 567. The van der Waals surface area contributed by atoms with Crippen LogP contribution in [0.4, 0.5) is 0 Å². The maximum absolute atomic E-state index is 13.1. The molecule has 4 nitrogen and oxygen atoms in total. The predicted molar refractivity (Wildman–Crippen MR) is 98.9 cm³/mol. The molecule has 1 heterocycles. The summed E-state index contributed by atoms with van der Waals surface area (Å²) >= 11 is 0. The van der Waals surface area contributed by atoms with E-state index in [-0.39, 0.29) is 18.4 Å². The Balaban J connectivity index is 1.70. The molecule has 1 aliphatic carbocycles. The van der Waals surface area contributed by atoms with Gasteiger partial charge in [0, 0.05) is 25.6 Å². The molecule has 2 aliphatic rings. The summed E-state index contributed by atoms with van der Waals surface area (Å²) in [5.41, 5.74) is 1.17. The lowest BCUT2D eigenvalue weighted by Gasteiger charge is -2.36. The van der Waals surface area contributed by atoms with E-state index in [1.165, 1.54) is 24.8 Å². The third kappa shape index (κ3) is 5.07. The first kappa shape index (κ1) is 18.0. The fraction of sp³-hybridized carbons (Fsp3) is 0.619. The molecule has 0 N–H and O–H groups in total. The van der Waals surface area contributed by atoms with Crippen molar-refractivity contribution in [2.24, 2.45) is 0 Å². The summed E-state index contributed by atoms with van der Waals surface area (Å²) in [5.74, 6) is 0.264. The van der Waals surface area contributed by atoms with Gasteiger partial charge in [-0.1, -0.05) is 56.0 Å². The summed E-state index contributed by atoms with van der Waals surface area (Å²) in [6, 6.07) is 10.5. The van der Waals surface area contributed by atoms with Gasteiger partial charge in [-0.15, -0.1) is 0 Å². The van der Waals surface area contributed by atoms with Crippen molar-refractivity contribution < 1.29 is 9.59 Å². The highest BCUT2D eigenvalue weighted by molar-refractivity contribution is 5.85. The molecule has 0 spiro atoms. The maximum atomic E-state index is 13.1. The van der Waals surface area contributed by atoms with Crippen molar-refractivity contribution >= 4 is 11.8 Å². The number of amides is 2. The van der Waals surface area contributed by atoms with Crippen molar-refractivity contribution in [1.82, 2.24) is 9.80 Å². The normalized spacial score (nSPS) is 19.5. The van der Waals surface area contributed by atoms with Crippen LogP contribution in [-0.2, 0) is 16.1 Å². The van der Waals surface area contributed by atoms with Crippen LogP contribution in [0.15, 0.2) is 30.3 Å². The highest BCUT2D eigenvalue weighted by Crippen LogP contribution is 2.25. The van der Waals surface area contributed by atoms with E-state index in [0.717, 1.165) is 38.6 Å². The lowest BCUT2D eigenvalue weighted by molar-refractivity contribution is -0.142. The molecule has 0 radical (unpaired) electrons. The van der Waals surface area contributed by atoms with Gasteiger partial charge in [-0.2, -0.15) is 0 Å². The number of hydrogen-bond acceptors (Lipinski definition) is 2. The fourth-order valence-corrected chi connectivity index (χ4v) is 4.05. The molecule has 1 aromatic carbocycles. The SMILES string of the molecule is O=C1CCCCCN1CC(=O)N(Cc1ccccc1)C1CCCCC1. The minimum absolute atomic E-state index is 0.117. The van der Waals surface area contributed by atoms with Crippen molar-refractivity contribution in [1.29, 1.82) is 0 Å². The number of benzene rings is 1. The molecule has 3 rings (SSSR count). The van der Waals surface area contributed by atoms with Crippen LogP contribution >= 0.6 is 0 Å². The van der Waals surface area contributed by atoms with Crippen molar-refractivity contribution in [3.63, 3.8) is 0 Å². The second kappa shape index (κ2) is 9.02. The maximum Gasteiger partial charge on any atom is 0.242 e. The average Bonchev–Trinajstić information content (AvgIpc) is 2.86. The van der Waals surface area contributed by atoms with E-state index in [1.54, 1.807) is 4.90 Å². The summed E-state index contributed by atoms with van der Waals surface area (Å²) < 4.78 is 0. The zero-order valence-electron chi connectivity index (χ0n) is 15.2. The van der Waals surface area contributed by atoms with Crippen molar-refractivity contribution in [2.75, 3.05) is 13.1 Å². The molecule has 1 aliphatic heterocycles. The van der Waals surface area contributed by atoms with Gasteiger partial charge >= 0.3 is 0 Å². The number of nitrogens with zero attached hydrogens (tertiary/aromatic N) is 2. The number of carbonyl (C=O) groups is 2. The molecular formula is C21H30N2O2. The first-order chi connectivity index (χ1) is 12.2. The lowest BCUT2D eigenvalue weighted by atomic mass is 9.93. The molecule has 0 unspecified atom stereocenters. The number of hydrogen-bond donors (Lipinski definition) is 0. The van der Waals surface area contributed by atoms with Gasteiger partial charge in [0.2, 0.25) is 11.8 Å². The topological polar surface area (TPSA) is 40.6 Å². The summed E-state index contributed by atoms with van der Waals surface area (Å²) in [4.78, 5) is 29.2. The Morgan fingerprint density at radius 2 is 1.72 bits per heavy atom. The van der Waals surface area contributed by atoms with Gasteiger partial charge in [0.05, 0.1) is 6.54 Å². The molecular weight excluding hydrogens is 312 g/mol. The lowest BCUT2D eigenvalue weighted by Crippen LogP contribution is -2.47. The molecule has 1 saturated carbocycles. The molecule has 2 fully saturated rings. The van der Waals surface area contributed by atoms with Crippen molar-refractivity contribution in [2.45, 2.75) is 70.4 Å². The summed E-state index contributed by atoms with van der Waals surface area (Å²) in [6.07, 6.45) is 9.51. The van der Waals surface area contributed by atoms with Crippen LogP contribution in [0, 0.1) is 0 Å². The Labute approximate surface area is 151 Å². The predicted octanol–water partition coefficient (Wildman–Crippen LogP) is 3.75. The second-order valence-corrected chi connectivity index (χ2v) is 7.43.